The number of benzene rings is 1. The Kier molecular flexibility index (Phi) is 4.13. The zero-order valence-electron chi connectivity index (χ0n) is 11.2. The number of hydrogen-bond donors (Lipinski definition) is 2. The van der Waals surface area contributed by atoms with Gasteiger partial charge in [0.05, 0.1) is 11.6 Å². The highest BCUT2D eigenvalue weighted by Crippen LogP contribution is 2.30. The summed E-state index contributed by atoms with van der Waals surface area (Å²) in [7, 11) is 0. The quantitative estimate of drug-likeness (QED) is 0.895. The fourth-order valence-corrected chi connectivity index (χ4v) is 2.03. The van der Waals surface area contributed by atoms with Gasteiger partial charge in [0.15, 0.2) is 0 Å². The Labute approximate surface area is 115 Å². The zero-order valence-corrected chi connectivity index (χ0v) is 11.2. The first-order valence-electron chi connectivity index (χ1n) is 6.30. The van der Waals surface area contributed by atoms with Gasteiger partial charge in [0, 0.05) is 18.4 Å². The van der Waals surface area contributed by atoms with E-state index in [4.69, 9.17) is 0 Å². The molecule has 1 heterocycles. The van der Waals surface area contributed by atoms with Crippen LogP contribution in [0, 0.1) is 0 Å². The van der Waals surface area contributed by atoms with Crippen molar-refractivity contribution in [2.24, 2.45) is 0 Å². The molecule has 0 radical (unpaired) electrons. The normalized spacial score (nSPS) is 15.1. The minimum atomic E-state index is -4.29. The summed E-state index contributed by atoms with van der Waals surface area (Å²) in [6, 6.07) is 5.11. The number of nitrogens with zero attached hydrogens (tertiary/aromatic N) is 1. The maximum Gasteiger partial charge on any atom is 0.416 e. The zero-order chi connectivity index (χ0) is 14.8. The van der Waals surface area contributed by atoms with E-state index in [0.29, 0.717) is 0 Å². The van der Waals surface area contributed by atoms with Gasteiger partial charge < -0.3 is 10.3 Å². The van der Waals surface area contributed by atoms with E-state index in [1.165, 1.54) is 12.1 Å². The molecule has 2 unspecified atom stereocenters. The lowest BCUT2D eigenvalue weighted by atomic mass is 10.1. The van der Waals surface area contributed by atoms with Crippen LogP contribution in [0.25, 0.3) is 0 Å². The number of aromatic amines is 1. The molecule has 1 aromatic carbocycles. The number of imidazole rings is 1. The van der Waals surface area contributed by atoms with Crippen molar-refractivity contribution in [2.75, 3.05) is 0 Å². The van der Waals surface area contributed by atoms with Gasteiger partial charge in [0.2, 0.25) is 0 Å². The van der Waals surface area contributed by atoms with Crippen LogP contribution in [0.15, 0.2) is 36.7 Å². The molecule has 0 aliphatic carbocycles. The van der Waals surface area contributed by atoms with E-state index in [1.807, 2.05) is 13.8 Å². The average molecular weight is 283 g/mol. The number of rotatable bonds is 4. The van der Waals surface area contributed by atoms with E-state index in [9.17, 15) is 13.2 Å². The Balaban J connectivity index is 2.04. The van der Waals surface area contributed by atoms with E-state index < -0.39 is 11.7 Å². The summed E-state index contributed by atoms with van der Waals surface area (Å²) < 4.78 is 37.5. The van der Waals surface area contributed by atoms with Gasteiger partial charge in [-0.2, -0.15) is 13.2 Å². The first-order chi connectivity index (χ1) is 9.38. The molecule has 0 spiro atoms. The molecule has 3 nitrogen and oxygen atoms in total. The molecule has 0 amide bonds. The molecule has 2 rings (SSSR count). The van der Waals surface area contributed by atoms with E-state index in [-0.39, 0.29) is 12.1 Å². The highest BCUT2D eigenvalue weighted by molar-refractivity contribution is 5.26. The summed E-state index contributed by atoms with van der Waals surface area (Å²) in [4.78, 5) is 7.14. The van der Waals surface area contributed by atoms with Gasteiger partial charge in [-0.25, -0.2) is 4.98 Å². The van der Waals surface area contributed by atoms with Crippen molar-refractivity contribution >= 4 is 0 Å². The van der Waals surface area contributed by atoms with Crippen LogP contribution in [-0.2, 0) is 6.18 Å². The molecule has 6 heteroatoms. The molecule has 0 bridgehead atoms. The third kappa shape index (κ3) is 3.39. The Bertz CT molecular complexity index is 532. The van der Waals surface area contributed by atoms with Crippen molar-refractivity contribution in [1.29, 1.82) is 0 Å². The second kappa shape index (κ2) is 5.66. The molecule has 2 atom stereocenters. The Morgan fingerprint density at radius 3 is 2.25 bits per heavy atom. The highest BCUT2D eigenvalue weighted by Gasteiger charge is 2.30. The fourth-order valence-electron chi connectivity index (χ4n) is 2.03. The van der Waals surface area contributed by atoms with Gasteiger partial charge in [-0.3, -0.25) is 0 Å². The van der Waals surface area contributed by atoms with Crippen molar-refractivity contribution in [1.82, 2.24) is 15.3 Å². The molecule has 0 saturated heterocycles. The van der Waals surface area contributed by atoms with E-state index in [0.717, 1.165) is 23.5 Å². The first-order valence-corrected chi connectivity index (χ1v) is 6.30. The van der Waals surface area contributed by atoms with E-state index in [2.05, 4.69) is 15.3 Å². The minimum absolute atomic E-state index is 0.0118. The fraction of sp³-hybridized carbons (Fsp3) is 0.357. The van der Waals surface area contributed by atoms with Gasteiger partial charge in [-0.05, 0) is 31.5 Å². The predicted molar refractivity (Wildman–Crippen MR) is 70.0 cm³/mol. The summed E-state index contributed by atoms with van der Waals surface area (Å²) in [6.07, 6.45) is -0.900. The maximum atomic E-state index is 12.5. The summed E-state index contributed by atoms with van der Waals surface area (Å²) >= 11 is 0. The number of aromatic nitrogens is 2. The van der Waals surface area contributed by atoms with Crippen molar-refractivity contribution in [3.63, 3.8) is 0 Å². The average Bonchev–Trinajstić information content (AvgIpc) is 2.91. The molecule has 20 heavy (non-hydrogen) atoms. The van der Waals surface area contributed by atoms with Crippen molar-refractivity contribution in [3.05, 3.63) is 53.6 Å². The molecule has 0 aliphatic heterocycles. The molecular formula is C14H16F3N3. The largest absolute Gasteiger partial charge is 0.416 e. The second-order valence-electron chi connectivity index (χ2n) is 4.70. The smallest absolute Gasteiger partial charge is 0.347 e. The van der Waals surface area contributed by atoms with Crippen molar-refractivity contribution in [2.45, 2.75) is 32.1 Å². The maximum absolute atomic E-state index is 12.5. The lowest BCUT2D eigenvalue weighted by molar-refractivity contribution is -0.137. The Hall–Kier alpha value is -1.82. The summed E-state index contributed by atoms with van der Waals surface area (Å²) in [6.45, 7) is 3.85. The van der Waals surface area contributed by atoms with Crippen molar-refractivity contribution in [3.8, 4) is 0 Å². The molecule has 0 fully saturated rings. The summed E-state index contributed by atoms with van der Waals surface area (Å²) in [5.74, 6) is 0.795. The van der Waals surface area contributed by atoms with Crippen LogP contribution in [0.1, 0.15) is 42.9 Å². The third-order valence-electron chi connectivity index (χ3n) is 3.17. The molecule has 0 aliphatic rings. The monoisotopic (exact) mass is 283 g/mol. The Morgan fingerprint density at radius 2 is 1.75 bits per heavy atom. The number of nitrogens with one attached hydrogen (secondary N) is 2. The number of halogens is 3. The van der Waals surface area contributed by atoms with Crippen LogP contribution in [0.5, 0.6) is 0 Å². The Morgan fingerprint density at radius 1 is 1.10 bits per heavy atom. The summed E-state index contributed by atoms with van der Waals surface area (Å²) in [5, 5.41) is 3.28. The van der Waals surface area contributed by atoms with Crippen molar-refractivity contribution < 1.29 is 13.2 Å². The molecular weight excluding hydrogens is 267 g/mol. The van der Waals surface area contributed by atoms with Crippen LogP contribution < -0.4 is 5.32 Å². The molecule has 2 aromatic rings. The van der Waals surface area contributed by atoms with E-state index >= 15 is 0 Å². The van der Waals surface area contributed by atoms with Gasteiger partial charge >= 0.3 is 6.18 Å². The second-order valence-corrected chi connectivity index (χ2v) is 4.70. The molecule has 108 valence electrons. The number of H-pyrrole nitrogens is 1. The summed E-state index contributed by atoms with van der Waals surface area (Å²) in [5.41, 5.74) is 0.170. The SMILES string of the molecule is CC(NC(C)c1ncc[nH]1)c1ccc(C(F)(F)F)cc1. The highest BCUT2D eigenvalue weighted by atomic mass is 19.4. The van der Waals surface area contributed by atoms with Gasteiger partial charge in [-0.15, -0.1) is 0 Å². The molecule has 2 N–H and O–H groups in total. The first kappa shape index (κ1) is 14.6. The standard InChI is InChI=1S/C14H16F3N3/c1-9(20-10(2)13-18-7-8-19-13)11-3-5-12(6-4-11)14(15,16)17/h3-10,20H,1-2H3,(H,18,19). The van der Waals surface area contributed by atoms with Gasteiger partial charge in [-0.1, -0.05) is 12.1 Å². The molecule has 1 aromatic heterocycles. The number of alkyl halides is 3. The van der Waals surface area contributed by atoms with Crippen LogP contribution in [0.2, 0.25) is 0 Å². The van der Waals surface area contributed by atoms with Gasteiger partial charge in [0.1, 0.15) is 5.82 Å². The molecule has 0 saturated carbocycles. The lowest BCUT2D eigenvalue weighted by Gasteiger charge is -2.19. The van der Waals surface area contributed by atoms with Crippen LogP contribution in [0.4, 0.5) is 13.2 Å². The van der Waals surface area contributed by atoms with Crippen LogP contribution >= 0.6 is 0 Å². The van der Waals surface area contributed by atoms with Gasteiger partial charge in [0.25, 0.3) is 0 Å². The number of hydrogen-bond acceptors (Lipinski definition) is 2. The lowest BCUT2D eigenvalue weighted by Crippen LogP contribution is -2.23. The topological polar surface area (TPSA) is 40.7 Å². The van der Waals surface area contributed by atoms with Crippen LogP contribution in [-0.4, -0.2) is 9.97 Å². The van der Waals surface area contributed by atoms with Crippen LogP contribution in [0.3, 0.4) is 0 Å². The third-order valence-corrected chi connectivity index (χ3v) is 3.17. The predicted octanol–water partition coefficient (Wildman–Crippen LogP) is 3.84. The van der Waals surface area contributed by atoms with E-state index in [1.54, 1.807) is 12.4 Å². The minimum Gasteiger partial charge on any atom is -0.347 e.